The standard InChI is InChI=1S/C17H20BrNO2/c18-12-4-5-13-9(8-12)3-6-14(13)19-16-11-2-1-10(7-11)15(16)17(20)21/h4-5,8,10-11,14-16,19H,1-3,6-7H2,(H,20,21). The first-order chi connectivity index (χ1) is 10.1. The minimum absolute atomic E-state index is 0.167. The van der Waals surface area contributed by atoms with Crippen LogP contribution in [0.4, 0.5) is 0 Å². The maximum absolute atomic E-state index is 11.6. The molecular formula is C17H20BrNO2. The molecule has 2 saturated carbocycles. The van der Waals surface area contributed by atoms with Crippen LogP contribution in [0.1, 0.15) is 42.9 Å². The Hall–Kier alpha value is -0.870. The summed E-state index contributed by atoms with van der Waals surface area (Å²) in [4.78, 5) is 11.6. The van der Waals surface area contributed by atoms with E-state index in [0.29, 0.717) is 17.9 Å². The van der Waals surface area contributed by atoms with Crippen LogP contribution < -0.4 is 5.32 Å². The highest BCUT2D eigenvalue weighted by atomic mass is 79.9. The topological polar surface area (TPSA) is 49.3 Å². The summed E-state index contributed by atoms with van der Waals surface area (Å²) in [6, 6.07) is 6.98. The molecule has 2 bridgehead atoms. The molecule has 0 saturated heterocycles. The predicted molar refractivity (Wildman–Crippen MR) is 84.1 cm³/mol. The number of carboxylic acids is 1. The van der Waals surface area contributed by atoms with Gasteiger partial charge < -0.3 is 10.4 Å². The van der Waals surface area contributed by atoms with Crippen molar-refractivity contribution in [1.29, 1.82) is 0 Å². The molecule has 4 heteroatoms. The molecule has 0 radical (unpaired) electrons. The van der Waals surface area contributed by atoms with Crippen molar-refractivity contribution in [3.8, 4) is 0 Å². The van der Waals surface area contributed by atoms with Gasteiger partial charge in [0.05, 0.1) is 5.92 Å². The molecule has 2 fully saturated rings. The number of hydrogen-bond acceptors (Lipinski definition) is 2. The molecule has 0 aliphatic heterocycles. The van der Waals surface area contributed by atoms with Crippen LogP contribution >= 0.6 is 15.9 Å². The van der Waals surface area contributed by atoms with Crippen LogP contribution in [-0.4, -0.2) is 17.1 Å². The fourth-order valence-corrected chi connectivity index (χ4v) is 5.29. The largest absolute Gasteiger partial charge is 0.481 e. The number of fused-ring (bicyclic) bond motifs is 3. The Bertz CT molecular complexity index is 588. The molecule has 5 atom stereocenters. The van der Waals surface area contributed by atoms with Crippen molar-refractivity contribution in [2.45, 2.75) is 44.2 Å². The molecule has 0 amide bonds. The van der Waals surface area contributed by atoms with Crippen molar-refractivity contribution in [3.05, 3.63) is 33.8 Å². The van der Waals surface area contributed by atoms with E-state index < -0.39 is 5.97 Å². The number of rotatable bonds is 3. The molecule has 3 aliphatic rings. The molecule has 0 heterocycles. The van der Waals surface area contributed by atoms with Crippen LogP contribution in [0.2, 0.25) is 0 Å². The number of aryl methyl sites for hydroxylation is 1. The lowest BCUT2D eigenvalue weighted by molar-refractivity contribution is -0.144. The normalized spacial score (nSPS) is 36.9. The van der Waals surface area contributed by atoms with E-state index in [2.05, 4.69) is 39.4 Å². The van der Waals surface area contributed by atoms with E-state index in [0.717, 1.165) is 30.2 Å². The summed E-state index contributed by atoms with van der Waals surface area (Å²) in [5, 5.41) is 13.3. The fourth-order valence-electron chi connectivity index (χ4n) is 4.88. The third-order valence-electron chi connectivity index (χ3n) is 5.78. The average Bonchev–Trinajstić information content (AvgIpc) is 3.13. The maximum Gasteiger partial charge on any atom is 0.308 e. The average molecular weight is 350 g/mol. The van der Waals surface area contributed by atoms with Gasteiger partial charge in [-0.15, -0.1) is 0 Å². The number of benzene rings is 1. The van der Waals surface area contributed by atoms with E-state index in [4.69, 9.17) is 0 Å². The molecule has 5 unspecified atom stereocenters. The third kappa shape index (κ3) is 2.23. The van der Waals surface area contributed by atoms with Crippen molar-refractivity contribution < 1.29 is 9.90 Å². The second-order valence-electron chi connectivity index (χ2n) is 6.82. The van der Waals surface area contributed by atoms with E-state index in [9.17, 15) is 9.90 Å². The minimum atomic E-state index is -0.603. The van der Waals surface area contributed by atoms with E-state index in [1.165, 1.54) is 17.5 Å². The van der Waals surface area contributed by atoms with E-state index in [-0.39, 0.29) is 12.0 Å². The van der Waals surface area contributed by atoms with Crippen LogP contribution in [0.15, 0.2) is 22.7 Å². The van der Waals surface area contributed by atoms with E-state index >= 15 is 0 Å². The lowest BCUT2D eigenvalue weighted by Crippen LogP contribution is -2.45. The molecule has 0 spiro atoms. The Morgan fingerprint density at radius 2 is 2.05 bits per heavy atom. The third-order valence-corrected chi connectivity index (χ3v) is 6.27. The molecule has 3 nitrogen and oxygen atoms in total. The summed E-state index contributed by atoms with van der Waals surface area (Å²) in [6.07, 6.45) is 5.59. The van der Waals surface area contributed by atoms with Crippen molar-refractivity contribution in [2.75, 3.05) is 0 Å². The van der Waals surface area contributed by atoms with Crippen LogP contribution in [0.3, 0.4) is 0 Å². The lowest BCUT2D eigenvalue weighted by Gasteiger charge is -2.32. The Morgan fingerprint density at radius 1 is 1.24 bits per heavy atom. The zero-order chi connectivity index (χ0) is 14.6. The highest BCUT2D eigenvalue weighted by Crippen LogP contribution is 2.49. The molecule has 2 N–H and O–H groups in total. The van der Waals surface area contributed by atoms with Gasteiger partial charge in [0, 0.05) is 16.6 Å². The summed E-state index contributed by atoms with van der Waals surface area (Å²) in [5.41, 5.74) is 2.77. The molecule has 1 aromatic carbocycles. The molecule has 3 aliphatic carbocycles. The second kappa shape index (κ2) is 5.10. The van der Waals surface area contributed by atoms with Gasteiger partial charge >= 0.3 is 5.97 Å². The first-order valence-electron chi connectivity index (χ1n) is 7.90. The highest BCUT2D eigenvalue weighted by molar-refractivity contribution is 9.10. The van der Waals surface area contributed by atoms with Gasteiger partial charge in [-0.2, -0.15) is 0 Å². The first kappa shape index (κ1) is 13.8. The Morgan fingerprint density at radius 3 is 2.86 bits per heavy atom. The van der Waals surface area contributed by atoms with Gasteiger partial charge in [-0.3, -0.25) is 4.79 Å². The molecule has 1 aromatic rings. The quantitative estimate of drug-likeness (QED) is 0.877. The fraction of sp³-hybridized carbons (Fsp3) is 0.588. The number of nitrogens with one attached hydrogen (secondary N) is 1. The van der Waals surface area contributed by atoms with Crippen LogP contribution in [0.25, 0.3) is 0 Å². The lowest BCUT2D eigenvalue weighted by atomic mass is 9.84. The summed E-state index contributed by atoms with van der Waals surface area (Å²) in [7, 11) is 0. The number of carbonyl (C=O) groups is 1. The SMILES string of the molecule is O=C(O)C1C2CCC(C2)C1NC1CCc2cc(Br)ccc21. The van der Waals surface area contributed by atoms with Crippen LogP contribution in [-0.2, 0) is 11.2 Å². The summed E-state index contributed by atoms with van der Waals surface area (Å²) >= 11 is 3.53. The molecule has 21 heavy (non-hydrogen) atoms. The van der Waals surface area contributed by atoms with Gasteiger partial charge in [0.15, 0.2) is 0 Å². The predicted octanol–water partition coefficient (Wildman–Crippen LogP) is 3.53. The zero-order valence-corrected chi connectivity index (χ0v) is 13.5. The maximum atomic E-state index is 11.6. The number of halogens is 1. The van der Waals surface area contributed by atoms with Crippen LogP contribution in [0, 0.1) is 17.8 Å². The first-order valence-corrected chi connectivity index (χ1v) is 8.70. The summed E-state index contributed by atoms with van der Waals surface area (Å²) < 4.78 is 1.13. The van der Waals surface area contributed by atoms with Gasteiger partial charge in [0.2, 0.25) is 0 Å². The second-order valence-corrected chi connectivity index (χ2v) is 7.74. The zero-order valence-electron chi connectivity index (χ0n) is 11.9. The number of aliphatic carboxylic acids is 1. The van der Waals surface area contributed by atoms with Gasteiger partial charge in [-0.25, -0.2) is 0 Å². The highest BCUT2D eigenvalue weighted by Gasteiger charge is 2.51. The number of hydrogen-bond donors (Lipinski definition) is 2. The Kier molecular flexibility index (Phi) is 3.34. The Labute approximate surface area is 133 Å². The van der Waals surface area contributed by atoms with Gasteiger partial charge in [0.1, 0.15) is 0 Å². The van der Waals surface area contributed by atoms with Gasteiger partial charge in [-0.05, 0) is 67.2 Å². The molecule has 112 valence electrons. The molecule has 4 rings (SSSR count). The van der Waals surface area contributed by atoms with Crippen molar-refractivity contribution in [3.63, 3.8) is 0 Å². The summed E-state index contributed by atoms with van der Waals surface area (Å²) in [5.74, 6) is 0.184. The Balaban J connectivity index is 1.56. The van der Waals surface area contributed by atoms with E-state index in [1.807, 2.05) is 0 Å². The van der Waals surface area contributed by atoms with Crippen molar-refractivity contribution in [1.82, 2.24) is 5.32 Å². The van der Waals surface area contributed by atoms with Crippen molar-refractivity contribution >= 4 is 21.9 Å². The number of carboxylic acid groups (broad SMARTS) is 1. The minimum Gasteiger partial charge on any atom is -0.481 e. The molecular weight excluding hydrogens is 330 g/mol. The van der Waals surface area contributed by atoms with Gasteiger partial charge in [0.25, 0.3) is 0 Å². The van der Waals surface area contributed by atoms with Gasteiger partial charge in [-0.1, -0.05) is 22.0 Å². The van der Waals surface area contributed by atoms with Crippen LogP contribution in [0.5, 0.6) is 0 Å². The smallest absolute Gasteiger partial charge is 0.308 e. The summed E-state index contributed by atoms with van der Waals surface area (Å²) in [6.45, 7) is 0. The van der Waals surface area contributed by atoms with Crippen molar-refractivity contribution in [2.24, 2.45) is 17.8 Å². The monoisotopic (exact) mass is 349 g/mol. The molecule has 0 aromatic heterocycles. The van der Waals surface area contributed by atoms with E-state index in [1.54, 1.807) is 0 Å².